The molecule has 0 radical (unpaired) electrons. The van der Waals surface area contributed by atoms with Crippen LogP contribution in [0.4, 0.5) is 0 Å². The molecule has 76 valence electrons. The second kappa shape index (κ2) is 4.61. The molecular formula is C13H19N. The number of benzene rings is 1. The van der Waals surface area contributed by atoms with Gasteiger partial charge in [0.05, 0.1) is 0 Å². The predicted molar refractivity (Wildman–Crippen MR) is 60.7 cm³/mol. The molecule has 14 heavy (non-hydrogen) atoms. The number of hydrogen-bond acceptors (Lipinski definition) is 1. The molecule has 1 aromatic rings. The molecular weight excluding hydrogens is 170 g/mol. The summed E-state index contributed by atoms with van der Waals surface area (Å²) in [4.78, 5) is 0. The minimum absolute atomic E-state index is 0.750. The third kappa shape index (κ3) is 1.98. The molecule has 2 rings (SSSR count). The summed E-state index contributed by atoms with van der Waals surface area (Å²) in [6, 6.07) is 8.89. The van der Waals surface area contributed by atoms with Gasteiger partial charge in [0, 0.05) is 6.54 Å². The van der Waals surface area contributed by atoms with Crippen LogP contribution in [0.15, 0.2) is 24.3 Å². The maximum Gasteiger partial charge on any atom is 0.00202 e. The van der Waals surface area contributed by atoms with Crippen LogP contribution in [0.25, 0.3) is 0 Å². The van der Waals surface area contributed by atoms with Crippen molar-refractivity contribution in [2.75, 3.05) is 13.1 Å². The van der Waals surface area contributed by atoms with Crippen LogP contribution in [-0.4, -0.2) is 13.1 Å². The first kappa shape index (κ1) is 9.72. The first-order chi connectivity index (χ1) is 6.92. The van der Waals surface area contributed by atoms with Crippen molar-refractivity contribution in [3.8, 4) is 0 Å². The Hall–Kier alpha value is -0.820. The number of aryl methyl sites for hydroxylation is 1. The molecule has 1 aliphatic rings. The predicted octanol–water partition coefficient (Wildman–Crippen LogP) is 2.72. The second-order valence-electron chi connectivity index (χ2n) is 4.10. The normalized spacial score (nSPS) is 22.2. The van der Waals surface area contributed by atoms with Crippen molar-refractivity contribution in [2.24, 2.45) is 0 Å². The summed E-state index contributed by atoms with van der Waals surface area (Å²) in [5.41, 5.74) is 3.10. The standard InChI is InChI=1S/C13H19N/c1-2-11-6-3-4-8-13(11)12-7-5-9-14-10-12/h3-4,6,8,12,14H,2,5,7,9-10H2,1H3. The highest BCUT2D eigenvalue weighted by Gasteiger charge is 2.16. The highest BCUT2D eigenvalue weighted by Crippen LogP contribution is 2.26. The van der Waals surface area contributed by atoms with Gasteiger partial charge in [-0.05, 0) is 42.9 Å². The van der Waals surface area contributed by atoms with Crippen molar-refractivity contribution < 1.29 is 0 Å². The zero-order valence-electron chi connectivity index (χ0n) is 8.92. The molecule has 1 heterocycles. The lowest BCUT2D eigenvalue weighted by molar-refractivity contribution is 0.460. The molecule has 1 atom stereocenters. The summed E-state index contributed by atoms with van der Waals surface area (Å²) in [7, 11) is 0. The second-order valence-corrected chi connectivity index (χ2v) is 4.10. The monoisotopic (exact) mass is 189 g/mol. The maximum absolute atomic E-state index is 3.48. The van der Waals surface area contributed by atoms with Gasteiger partial charge in [0.1, 0.15) is 0 Å². The molecule has 1 aliphatic heterocycles. The SMILES string of the molecule is CCc1ccccc1C1CCCNC1. The van der Waals surface area contributed by atoms with Gasteiger partial charge in [-0.3, -0.25) is 0 Å². The Labute approximate surface area is 86.5 Å². The Bertz CT molecular complexity index is 287. The van der Waals surface area contributed by atoms with Gasteiger partial charge in [-0.1, -0.05) is 31.2 Å². The van der Waals surface area contributed by atoms with Crippen molar-refractivity contribution in [1.29, 1.82) is 0 Å². The smallest absolute Gasteiger partial charge is 0.00202 e. The van der Waals surface area contributed by atoms with E-state index in [0.717, 1.165) is 18.9 Å². The van der Waals surface area contributed by atoms with Gasteiger partial charge < -0.3 is 5.32 Å². The summed E-state index contributed by atoms with van der Waals surface area (Å²) >= 11 is 0. The van der Waals surface area contributed by atoms with Gasteiger partial charge in [-0.15, -0.1) is 0 Å². The molecule has 0 bridgehead atoms. The van der Waals surface area contributed by atoms with E-state index in [2.05, 4.69) is 36.5 Å². The fourth-order valence-corrected chi connectivity index (χ4v) is 2.37. The van der Waals surface area contributed by atoms with Crippen LogP contribution in [0.2, 0.25) is 0 Å². The molecule has 0 aromatic heterocycles. The summed E-state index contributed by atoms with van der Waals surface area (Å²) in [5.74, 6) is 0.750. The zero-order valence-corrected chi connectivity index (χ0v) is 8.92. The van der Waals surface area contributed by atoms with Gasteiger partial charge in [0.25, 0.3) is 0 Å². The average molecular weight is 189 g/mol. The molecule has 0 saturated carbocycles. The Kier molecular flexibility index (Phi) is 3.20. The molecule has 1 N–H and O–H groups in total. The number of hydrogen-bond donors (Lipinski definition) is 1. The first-order valence-electron chi connectivity index (χ1n) is 5.70. The van der Waals surface area contributed by atoms with Gasteiger partial charge >= 0.3 is 0 Å². The van der Waals surface area contributed by atoms with Crippen molar-refractivity contribution >= 4 is 0 Å². The lowest BCUT2D eigenvalue weighted by atomic mass is 9.88. The summed E-state index contributed by atoms with van der Waals surface area (Å²) in [5, 5.41) is 3.48. The first-order valence-corrected chi connectivity index (χ1v) is 5.70. The summed E-state index contributed by atoms with van der Waals surface area (Å²) < 4.78 is 0. The van der Waals surface area contributed by atoms with E-state index in [1.807, 2.05) is 0 Å². The molecule has 0 spiro atoms. The number of rotatable bonds is 2. The number of piperidine rings is 1. The number of nitrogens with one attached hydrogen (secondary N) is 1. The Morgan fingerprint density at radius 1 is 1.36 bits per heavy atom. The Balaban J connectivity index is 2.20. The Morgan fingerprint density at radius 3 is 2.93 bits per heavy atom. The fraction of sp³-hybridized carbons (Fsp3) is 0.538. The van der Waals surface area contributed by atoms with E-state index in [9.17, 15) is 0 Å². The quantitative estimate of drug-likeness (QED) is 0.754. The highest BCUT2D eigenvalue weighted by atomic mass is 14.9. The van der Waals surface area contributed by atoms with E-state index >= 15 is 0 Å². The van der Waals surface area contributed by atoms with E-state index in [-0.39, 0.29) is 0 Å². The topological polar surface area (TPSA) is 12.0 Å². The van der Waals surface area contributed by atoms with Crippen molar-refractivity contribution in [3.63, 3.8) is 0 Å². The fourth-order valence-electron chi connectivity index (χ4n) is 2.37. The average Bonchev–Trinajstić information content (AvgIpc) is 2.30. The molecule has 1 heteroatoms. The van der Waals surface area contributed by atoms with Crippen molar-refractivity contribution in [1.82, 2.24) is 5.32 Å². The Morgan fingerprint density at radius 2 is 2.21 bits per heavy atom. The van der Waals surface area contributed by atoms with Crippen LogP contribution >= 0.6 is 0 Å². The van der Waals surface area contributed by atoms with E-state index in [1.165, 1.54) is 24.9 Å². The molecule has 1 unspecified atom stereocenters. The van der Waals surface area contributed by atoms with Crippen LogP contribution in [0, 0.1) is 0 Å². The lowest BCUT2D eigenvalue weighted by Gasteiger charge is -2.25. The molecule has 0 aliphatic carbocycles. The van der Waals surface area contributed by atoms with Crippen LogP contribution in [-0.2, 0) is 6.42 Å². The zero-order chi connectivity index (χ0) is 9.80. The van der Waals surface area contributed by atoms with E-state index in [0.29, 0.717) is 0 Å². The third-order valence-corrected chi connectivity index (χ3v) is 3.17. The third-order valence-electron chi connectivity index (χ3n) is 3.17. The van der Waals surface area contributed by atoms with Crippen LogP contribution in [0.3, 0.4) is 0 Å². The van der Waals surface area contributed by atoms with E-state index in [4.69, 9.17) is 0 Å². The van der Waals surface area contributed by atoms with Crippen LogP contribution in [0.1, 0.15) is 36.8 Å². The minimum Gasteiger partial charge on any atom is -0.316 e. The van der Waals surface area contributed by atoms with Gasteiger partial charge in [-0.2, -0.15) is 0 Å². The molecule has 1 aromatic carbocycles. The molecule has 0 amide bonds. The minimum atomic E-state index is 0.750. The van der Waals surface area contributed by atoms with Crippen molar-refractivity contribution in [3.05, 3.63) is 35.4 Å². The largest absolute Gasteiger partial charge is 0.316 e. The molecule has 1 nitrogen and oxygen atoms in total. The summed E-state index contributed by atoms with van der Waals surface area (Å²) in [6.45, 7) is 4.61. The van der Waals surface area contributed by atoms with Gasteiger partial charge in [0.2, 0.25) is 0 Å². The van der Waals surface area contributed by atoms with Crippen LogP contribution < -0.4 is 5.32 Å². The van der Waals surface area contributed by atoms with Gasteiger partial charge in [-0.25, -0.2) is 0 Å². The maximum atomic E-state index is 3.48. The van der Waals surface area contributed by atoms with Crippen LogP contribution in [0.5, 0.6) is 0 Å². The van der Waals surface area contributed by atoms with E-state index in [1.54, 1.807) is 5.56 Å². The van der Waals surface area contributed by atoms with Crippen molar-refractivity contribution in [2.45, 2.75) is 32.1 Å². The molecule has 1 saturated heterocycles. The molecule has 1 fully saturated rings. The highest BCUT2D eigenvalue weighted by molar-refractivity contribution is 5.31. The summed E-state index contributed by atoms with van der Waals surface area (Å²) in [6.07, 6.45) is 3.83. The van der Waals surface area contributed by atoms with E-state index < -0.39 is 0 Å². The lowest BCUT2D eigenvalue weighted by Crippen LogP contribution is -2.28. The van der Waals surface area contributed by atoms with Gasteiger partial charge in [0.15, 0.2) is 0 Å².